The van der Waals surface area contributed by atoms with Crippen molar-refractivity contribution in [3.05, 3.63) is 11.3 Å². The van der Waals surface area contributed by atoms with Crippen LogP contribution in [0.3, 0.4) is 0 Å². The summed E-state index contributed by atoms with van der Waals surface area (Å²) in [6.45, 7) is 0.921. The second kappa shape index (κ2) is 8.20. The fourth-order valence-electron chi connectivity index (χ4n) is 2.56. The molecule has 0 unspecified atom stereocenters. The van der Waals surface area contributed by atoms with Crippen LogP contribution in [-0.2, 0) is 33.5 Å². The lowest BCUT2D eigenvalue weighted by Crippen LogP contribution is -2.70. The molecule has 2 atom stereocenters. The van der Waals surface area contributed by atoms with E-state index in [4.69, 9.17) is 9.84 Å². The smallest absolute Gasteiger partial charge is 0.372 e. The molecule has 11 nitrogen and oxygen atoms in total. The number of carbonyl (C=O) groups excluding carboxylic acids is 4. The van der Waals surface area contributed by atoms with Crippen LogP contribution in [0.5, 0.6) is 0 Å². The highest BCUT2D eigenvalue weighted by molar-refractivity contribution is 8.00. The zero-order valence-electron chi connectivity index (χ0n) is 14.1. The highest BCUT2D eigenvalue weighted by Gasteiger charge is 2.54. The average molecular weight is 400 g/mol. The number of amides is 2. The lowest BCUT2D eigenvalue weighted by atomic mass is 10.0. The van der Waals surface area contributed by atoms with Crippen LogP contribution in [0.4, 0.5) is 0 Å². The molecule has 1 fully saturated rings. The molecular weight excluding hydrogens is 384 g/mol. The van der Waals surface area contributed by atoms with Crippen molar-refractivity contribution in [2.75, 3.05) is 12.4 Å². The van der Waals surface area contributed by atoms with Crippen LogP contribution in [0.25, 0.3) is 0 Å². The van der Waals surface area contributed by atoms with E-state index in [0.29, 0.717) is 0 Å². The summed E-state index contributed by atoms with van der Waals surface area (Å²) in [4.78, 5) is 69.0. The Morgan fingerprint density at radius 2 is 1.89 bits per heavy atom. The van der Waals surface area contributed by atoms with E-state index in [1.165, 1.54) is 18.7 Å². The molecule has 3 N–H and O–H groups in total. The predicted molar refractivity (Wildman–Crippen MR) is 88.2 cm³/mol. The topological polar surface area (TPSA) is 167 Å². The Kier molecular flexibility index (Phi) is 6.20. The molecule has 0 radical (unpaired) electrons. The van der Waals surface area contributed by atoms with Crippen LogP contribution in [0.15, 0.2) is 11.3 Å². The van der Waals surface area contributed by atoms with E-state index < -0.39 is 59.8 Å². The van der Waals surface area contributed by atoms with Crippen molar-refractivity contribution < 1.29 is 43.7 Å². The molecule has 0 spiro atoms. The minimum Gasteiger partial charge on any atom is -0.477 e. The van der Waals surface area contributed by atoms with Gasteiger partial charge in [0.05, 0.1) is 0 Å². The van der Waals surface area contributed by atoms with Crippen LogP contribution < -0.4 is 5.32 Å². The van der Waals surface area contributed by atoms with Crippen LogP contribution in [-0.4, -0.2) is 74.4 Å². The van der Waals surface area contributed by atoms with E-state index in [1.807, 2.05) is 0 Å². The Hall–Kier alpha value is -2.89. The van der Waals surface area contributed by atoms with Crippen molar-refractivity contribution in [3.8, 4) is 0 Å². The Bertz CT molecular complexity index is 760. The number of carboxylic acids is 2. The van der Waals surface area contributed by atoms with Gasteiger partial charge >= 0.3 is 17.9 Å². The quantitative estimate of drug-likeness (QED) is 0.254. The van der Waals surface area contributed by atoms with Crippen molar-refractivity contribution in [1.29, 1.82) is 0 Å². The third-order valence-electron chi connectivity index (χ3n) is 3.83. The molecule has 0 saturated carbocycles. The first-order valence-corrected chi connectivity index (χ1v) is 8.77. The molecule has 2 aliphatic heterocycles. The summed E-state index contributed by atoms with van der Waals surface area (Å²) in [6, 6.07) is -0.980. The van der Waals surface area contributed by atoms with E-state index in [-0.39, 0.29) is 23.6 Å². The summed E-state index contributed by atoms with van der Waals surface area (Å²) in [5.74, 6) is -5.86. The predicted octanol–water partition coefficient (Wildman–Crippen LogP) is -1.28. The van der Waals surface area contributed by atoms with Gasteiger partial charge in [-0.05, 0) is 0 Å². The molecule has 146 valence electrons. The number of ether oxygens (including phenoxy) is 1. The van der Waals surface area contributed by atoms with Gasteiger partial charge in [0, 0.05) is 31.1 Å². The molecule has 12 heteroatoms. The number of β-lactam (4-membered cyclic amide) rings is 1. The van der Waals surface area contributed by atoms with Crippen molar-refractivity contribution in [2.45, 2.75) is 31.2 Å². The fourth-order valence-corrected chi connectivity index (χ4v) is 3.89. The maximum atomic E-state index is 12.3. The summed E-state index contributed by atoms with van der Waals surface area (Å²) in [5.41, 5.74) is -0.0133. The van der Waals surface area contributed by atoms with Crippen LogP contribution in [0.2, 0.25) is 0 Å². The fraction of sp³-hybridized carbons (Fsp3) is 0.467. The zero-order valence-corrected chi connectivity index (χ0v) is 14.9. The molecular formula is C15H16N2O9S. The minimum absolute atomic E-state index is 0.188. The summed E-state index contributed by atoms with van der Waals surface area (Å²) in [5, 5.41) is 19.6. The van der Waals surface area contributed by atoms with E-state index in [0.717, 1.165) is 4.90 Å². The third-order valence-corrected chi connectivity index (χ3v) is 5.17. The van der Waals surface area contributed by atoms with Crippen LogP contribution in [0, 0.1) is 0 Å². The van der Waals surface area contributed by atoms with Gasteiger partial charge in [-0.15, -0.1) is 11.8 Å². The molecule has 2 aliphatic rings. The first-order valence-electron chi connectivity index (χ1n) is 7.72. The van der Waals surface area contributed by atoms with Gasteiger partial charge in [-0.1, -0.05) is 0 Å². The van der Waals surface area contributed by atoms with Gasteiger partial charge in [-0.25, -0.2) is 9.59 Å². The number of nitrogens with one attached hydrogen (secondary N) is 1. The summed E-state index contributed by atoms with van der Waals surface area (Å²) in [7, 11) is 0. The van der Waals surface area contributed by atoms with Crippen molar-refractivity contribution >= 4 is 47.3 Å². The molecule has 0 aromatic carbocycles. The molecule has 2 heterocycles. The lowest BCUT2D eigenvalue weighted by Gasteiger charge is -2.49. The number of aliphatic carboxylic acids is 2. The van der Waals surface area contributed by atoms with Crippen molar-refractivity contribution in [3.63, 3.8) is 0 Å². The van der Waals surface area contributed by atoms with Crippen LogP contribution >= 0.6 is 11.8 Å². The maximum Gasteiger partial charge on any atom is 0.372 e. The number of nitrogens with zero attached hydrogens (tertiary/aromatic N) is 1. The number of rotatable bonds is 8. The van der Waals surface area contributed by atoms with Gasteiger partial charge in [0.1, 0.15) is 23.7 Å². The number of fused-ring (bicyclic) bond motifs is 1. The number of carboxylic acid groups (broad SMARTS) is 2. The van der Waals surface area contributed by atoms with Gasteiger partial charge in [-0.2, -0.15) is 0 Å². The molecule has 2 rings (SSSR count). The Morgan fingerprint density at radius 3 is 2.44 bits per heavy atom. The third kappa shape index (κ3) is 4.45. The molecule has 27 heavy (non-hydrogen) atoms. The molecule has 2 amide bonds. The number of thioether (sulfide) groups is 1. The van der Waals surface area contributed by atoms with E-state index in [9.17, 15) is 33.9 Å². The highest BCUT2D eigenvalue weighted by Crippen LogP contribution is 2.40. The monoisotopic (exact) mass is 400 g/mol. The molecule has 0 aromatic heterocycles. The first kappa shape index (κ1) is 20.4. The number of ketones is 1. The number of hydrogen-bond acceptors (Lipinski definition) is 8. The number of esters is 1. The van der Waals surface area contributed by atoms with Gasteiger partial charge in [0.25, 0.3) is 5.91 Å². The van der Waals surface area contributed by atoms with Crippen molar-refractivity contribution in [2.24, 2.45) is 0 Å². The molecule has 0 aliphatic carbocycles. The maximum absolute atomic E-state index is 12.3. The lowest BCUT2D eigenvalue weighted by molar-refractivity contribution is -0.151. The van der Waals surface area contributed by atoms with E-state index in [1.54, 1.807) is 0 Å². The van der Waals surface area contributed by atoms with E-state index >= 15 is 0 Å². The van der Waals surface area contributed by atoms with Gasteiger partial charge in [0.2, 0.25) is 11.7 Å². The van der Waals surface area contributed by atoms with Gasteiger partial charge < -0.3 is 20.3 Å². The SMILES string of the molecule is CC(=O)OCC1=C(C(=O)O)N2C(=O)[C@@H](NC(=O)CCC(=O)C(=O)O)[C@H]2SC1. The van der Waals surface area contributed by atoms with Gasteiger partial charge in [0.15, 0.2) is 0 Å². The molecule has 0 bridgehead atoms. The minimum atomic E-state index is -1.65. The average Bonchev–Trinajstić information content (AvgIpc) is 2.60. The van der Waals surface area contributed by atoms with Gasteiger partial charge in [-0.3, -0.25) is 24.1 Å². The second-order valence-corrected chi connectivity index (χ2v) is 6.83. The Morgan fingerprint density at radius 1 is 1.22 bits per heavy atom. The summed E-state index contributed by atoms with van der Waals surface area (Å²) >= 11 is 1.19. The van der Waals surface area contributed by atoms with Crippen LogP contribution in [0.1, 0.15) is 19.8 Å². The normalized spacial score (nSPS) is 21.1. The number of carbonyl (C=O) groups is 6. The summed E-state index contributed by atoms with van der Waals surface area (Å²) < 4.78 is 4.81. The number of Topliss-reactive ketones (excluding diaryl/α,β-unsaturated/α-hetero) is 1. The van der Waals surface area contributed by atoms with E-state index in [2.05, 4.69) is 5.32 Å². The first-order chi connectivity index (χ1) is 12.6. The van der Waals surface area contributed by atoms with Crippen molar-refractivity contribution in [1.82, 2.24) is 10.2 Å². The zero-order chi connectivity index (χ0) is 20.3. The Balaban J connectivity index is 2.03. The largest absolute Gasteiger partial charge is 0.477 e. The Labute approximate surface area is 156 Å². The standard InChI is InChI=1S/C15H16N2O9S/c1-6(18)26-4-7-5-27-13-10(12(21)17(13)11(7)15(24)25)16-9(20)3-2-8(19)14(22)23/h10,13H,2-5H2,1H3,(H,16,20)(H,22,23)(H,24,25)/t10-,13-/m1/s1. The molecule has 1 saturated heterocycles. The summed E-state index contributed by atoms with van der Waals surface area (Å²) in [6.07, 6.45) is -0.901. The molecule has 0 aromatic rings. The highest BCUT2D eigenvalue weighted by atomic mass is 32.2. The number of hydrogen-bond donors (Lipinski definition) is 3. The second-order valence-electron chi connectivity index (χ2n) is 5.72.